The monoisotopic (exact) mass is 316 g/mol. The Kier molecular flexibility index (Phi) is 4.53. The first-order chi connectivity index (χ1) is 11.7. The minimum Gasteiger partial charge on any atom is -0.461 e. The molecule has 0 saturated carbocycles. The fraction of sp³-hybridized carbons (Fsp3) is 0.150. The summed E-state index contributed by atoms with van der Waals surface area (Å²) in [5, 5.41) is 0. The summed E-state index contributed by atoms with van der Waals surface area (Å²) in [6.07, 6.45) is 0. The van der Waals surface area contributed by atoms with E-state index in [2.05, 4.69) is 21.8 Å². The third-order valence-electron chi connectivity index (χ3n) is 3.42. The molecule has 1 aromatic heterocycles. The fourth-order valence-electron chi connectivity index (χ4n) is 2.20. The van der Waals surface area contributed by atoms with Gasteiger partial charge < -0.3 is 4.74 Å². The largest absolute Gasteiger partial charge is 0.461 e. The van der Waals surface area contributed by atoms with Crippen LogP contribution < -0.4 is 0 Å². The number of para-hydroxylation sites is 2. The molecule has 118 valence electrons. The van der Waals surface area contributed by atoms with Crippen LogP contribution in [0.5, 0.6) is 0 Å². The van der Waals surface area contributed by atoms with Crippen molar-refractivity contribution in [1.29, 1.82) is 0 Å². The molecule has 24 heavy (non-hydrogen) atoms. The smallest absolute Gasteiger partial charge is 0.359 e. The van der Waals surface area contributed by atoms with E-state index in [1.165, 1.54) is 5.56 Å². The predicted octanol–water partition coefficient (Wildman–Crippen LogP) is 3.51. The van der Waals surface area contributed by atoms with Gasteiger partial charge in [0.15, 0.2) is 5.69 Å². The molecule has 4 heteroatoms. The van der Waals surface area contributed by atoms with Crippen molar-refractivity contribution in [2.45, 2.75) is 13.8 Å². The van der Waals surface area contributed by atoms with Gasteiger partial charge in [0.2, 0.25) is 0 Å². The van der Waals surface area contributed by atoms with E-state index < -0.39 is 5.97 Å². The Labute approximate surface area is 140 Å². The Bertz CT molecular complexity index is 951. The van der Waals surface area contributed by atoms with Crippen molar-refractivity contribution in [2.24, 2.45) is 0 Å². The molecule has 0 saturated heterocycles. The van der Waals surface area contributed by atoms with Crippen LogP contribution in [-0.2, 0) is 4.74 Å². The van der Waals surface area contributed by atoms with Gasteiger partial charge in [-0.1, -0.05) is 35.7 Å². The first-order valence-electron chi connectivity index (χ1n) is 7.70. The lowest BCUT2D eigenvalue weighted by Crippen LogP contribution is -2.11. The zero-order valence-electron chi connectivity index (χ0n) is 13.5. The summed E-state index contributed by atoms with van der Waals surface area (Å²) in [7, 11) is 0. The summed E-state index contributed by atoms with van der Waals surface area (Å²) in [6.45, 7) is 4.05. The van der Waals surface area contributed by atoms with Crippen molar-refractivity contribution >= 4 is 17.0 Å². The molecule has 0 unspecified atom stereocenters. The van der Waals surface area contributed by atoms with E-state index >= 15 is 0 Å². The normalized spacial score (nSPS) is 10.1. The lowest BCUT2D eigenvalue weighted by Gasteiger charge is -2.05. The number of esters is 1. The zero-order valence-corrected chi connectivity index (χ0v) is 13.5. The maximum Gasteiger partial charge on any atom is 0.359 e. The predicted molar refractivity (Wildman–Crippen MR) is 92.7 cm³/mol. The Morgan fingerprint density at radius 3 is 2.33 bits per heavy atom. The third kappa shape index (κ3) is 3.41. The molecule has 1 heterocycles. The molecule has 0 aliphatic carbocycles. The Hall–Kier alpha value is -3.19. The van der Waals surface area contributed by atoms with Gasteiger partial charge >= 0.3 is 5.97 Å². The third-order valence-corrected chi connectivity index (χ3v) is 3.42. The molecule has 0 aliphatic heterocycles. The Morgan fingerprint density at radius 2 is 1.67 bits per heavy atom. The van der Waals surface area contributed by atoms with Crippen LogP contribution in [0.2, 0.25) is 0 Å². The minimum absolute atomic E-state index is 0.148. The minimum atomic E-state index is -0.510. The van der Waals surface area contributed by atoms with Crippen molar-refractivity contribution in [2.75, 3.05) is 6.61 Å². The number of aromatic nitrogens is 2. The molecule has 4 nitrogen and oxygen atoms in total. The van der Waals surface area contributed by atoms with Crippen LogP contribution in [0.25, 0.3) is 11.0 Å². The van der Waals surface area contributed by atoms with Gasteiger partial charge in [-0.2, -0.15) is 0 Å². The quantitative estimate of drug-likeness (QED) is 0.536. The van der Waals surface area contributed by atoms with Crippen LogP contribution in [0.4, 0.5) is 0 Å². The molecule has 0 spiro atoms. The number of carbonyl (C=O) groups is 1. The van der Waals surface area contributed by atoms with E-state index in [1.54, 1.807) is 6.92 Å². The first kappa shape index (κ1) is 15.7. The second kappa shape index (κ2) is 6.93. The van der Waals surface area contributed by atoms with Gasteiger partial charge in [0.25, 0.3) is 0 Å². The summed E-state index contributed by atoms with van der Waals surface area (Å²) in [5.74, 6) is 5.48. The summed E-state index contributed by atoms with van der Waals surface area (Å²) in [4.78, 5) is 21.0. The maximum atomic E-state index is 12.2. The van der Waals surface area contributed by atoms with E-state index in [4.69, 9.17) is 4.74 Å². The van der Waals surface area contributed by atoms with E-state index in [0.717, 1.165) is 5.56 Å². The lowest BCUT2D eigenvalue weighted by atomic mass is 10.1. The zero-order chi connectivity index (χ0) is 16.9. The molecule has 2 aromatic carbocycles. The molecule has 0 atom stereocenters. The summed E-state index contributed by atoms with van der Waals surface area (Å²) < 4.78 is 5.08. The highest BCUT2D eigenvalue weighted by molar-refractivity contribution is 5.92. The Morgan fingerprint density at radius 1 is 1.00 bits per heavy atom. The van der Waals surface area contributed by atoms with Gasteiger partial charge in [-0.3, -0.25) is 0 Å². The van der Waals surface area contributed by atoms with Crippen molar-refractivity contribution in [3.63, 3.8) is 0 Å². The second-order valence-corrected chi connectivity index (χ2v) is 5.25. The van der Waals surface area contributed by atoms with Crippen LogP contribution >= 0.6 is 0 Å². The van der Waals surface area contributed by atoms with Gasteiger partial charge in [-0.15, -0.1) is 0 Å². The molecule has 0 amide bonds. The van der Waals surface area contributed by atoms with Crippen LogP contribution in [-0.4, -0.2) is 22.5 Å². The molecule has 0 fully saturated rings. The number of rotatable bonds is 2. The van der Waals surface area contributed by atoms with Gasteiger partial charge in [0.1, 0.15) is 5.69 Å². The highest BCUT2D eigenvalue weighted by atomic mass is 16.5. The highest BCUT2D eigenvalue weighted by Gasteiger charge is 2.16. The average molecular weight is 316 g/mol. The molecular weight excluding hydrogens is 300 g/mol. The topological polar surface area (TPSA) is 52.1 Å². The highest BCUT2D eigenvalue weighted by Crippen LogP contribution is 2.13. The van der Waals surface area contributed by atoms with Gasteiger partial charge in [0, 0.05) is 5.56 Å². The molecular formula is C20H16N2O2. The molecule has 0 N–H and O–H groups in total. The van der Waals surface area contributed by atoms with Crippen LogP contribution in [0, 0.1) is 18.8 Å². The van der Waals surface area contributed by atoms with Gasteiger partial charge in [0.05, 0.1) is 17.6 Å². The lowest BCUT2D eigenvalue weighted by molar-refractivity contribution is 0.0519. The number of benzene rings is 2. The van der Waals surface area contributed by atoms with E-state index in [9.17, 15) is 4.79 Å². The second-order valence-electron chi connectivity index (χ2n) is 5.25. The maximum absolute atomic E-state index is 12.2. The number of ether oxygens (including phenoxy) is 1. The fourth-order valence-corrected chi connectivity index (χ4v) is 2.20. The van der Waals surface area contributed by atoms with E-state index in [0.29, 0.717) is 16.7 Å². The molecule has 0 radical (unpaired) electrons. The van der Waals surface area contributed by atoms with Crippen molar-refractivity contribution in [3.8, 4) is 11.8 Å². The SMILES string of the molecule is CCOC(=O)c1nc2ccccc2nc1C#Cc1ccc(C)cc1. The van der Waals surface area contributed by atoms with Crippen LogP contribution in [0.1, 0.15) is 34.2 Å². The van der Waals surface area contributed by atoms with Crippen molar-refractivity contribution in [1.82, 2.24) is 9.97 Å². The number of nitrogens with zero attached hydrogens (tertiary/aromatic N) is 2. The van der Waals surface area contributed by atoms with Crippen molar-refractivity contribution < 1.29 is 9.53 Å². The van der Waals surface area contributed by atoms with E-state index in [-0.39, 0.29) is 12.3 Å². The summed E-state index contributed by atoms with van der Waals surface area (Å²) >= 11 is 0. The Balaban J connectivity index is 2.09. The first-order valence-corrected chi connectivity index (χ1v) is 7.70. The van der Waals surface area contributed by atoms with Crippen molar-refractivity contribution in [3.05, 3.63) is 71.0 Å². The molecule has 3 aromatic rings. The number of aryl methyl sites for hydroxylation is 1. The summed E-state index contributed by atoms with van der Waals surface area (Å²) in [6, 6.07) is 15.2. The van der Waals surface area contributed by atoms with Crippen LogP contribution in [0.15, 0.2) is 48.5 Å². The number of fused-ring (bicyclic) bond motifs is 1. The number of hydrogen-bond donors (Lipinski definition) is 0. The number of carbonyl (C=O) groups excluding carboxylic acids is 1. The summed E-state index contributed by atoms with van der Waals surface area (Å²) in [5.41, 5.74) is 3.83. The molecule has 0 aliphatic rings. The standard InChI is InChI=1S/C20H16N2O2/c1-3-24-20(23)19-18(13-12-15-10-8-14(2)9-11-15)21-16-6-4-5-7-17(16)22-19/h4-11H,3H2,1-2H3. The van der Waals surface area contributed by atoms with Crippen LogP contribution in [0.3, 0.4) is 0 Å². The van der Waals surface area contributed by atoms with E-state index in [1.807, 2.05) is 55.5 Å². The van der Waals surface area contributed by atoms with Gasteiger partial charge in [-0.05, 0) is 44.0 Å². The number of hydrogen-bond acceptors (Lipinski definition) is 4. The average Bonchev–Trinajstić information content (AvgIpc) is 2.60. The van der Waals surface area contributed by atoms with Gasteiger partial charge in [-0.25, -0.2) is 14.8 Å². The molecule has 3 rings (SSSR count). The molecule has 0 bridgehead atoms.